The maximum absolute atomic E-state index is 11.0. The first-order chi connectivity index (χ1) is 7.77. The number of halogens is 1. The molecule has 0 fully saturated rings. The highest BCUT2D eigenvalue weighted by Gasteiger charge is 2.07. The van der Waals surface area contributed by atoms with Crippen LogP contribution in [-0.4, -0.2) is 17.7 Å². The summed E-state index contributed by atoms with van der Waals surface area (Å²) >= 11 is 5.18. The number of carbonyl (C=O) groups excluding carboxylic acids is 1. The molecule has 0 unspecified atom stereocenters. The van der Waals surface area contributed by atoms with Gasteiger partial charge in [-0.3, -0.25) is 10.0 Å². The molecule has 0 radical (unpaired) electrons. The fraction of sp³-hybridized carbons (Fsp3) is 0.182. The highest BCUT2D eigenvalue weighted by atomic mass is 35.5. The molecule has 0 spiro atoms. The number of hydroxylamine groups is 1. The van der Waals surface area contributed by atoms with Gasteiger partial charge >= 0.3 is 0 Å². The molecular formula is C11H10ClNO3. The van der Waals surface area contributed by atoms with Gasteiger partial charge in [0.15, 0.2) is 0 Å². The van der Waals surface area contributed by atoms with Gasteiger partial charge in [0.2, 0.25) is 5.91 Å². The van der Waals surface area contributed by atoms with E-state index in [0.29, 0.717) is 11.3 Å². The van der Waals surface area contributed by atoms with Crippen LogP contribution in [0.2, 0.25) is 0 Å². The van der Waals surface area contributed by atoms with Crippen molar-refractivity contribution in [3.8, 4) is 17.0 Å². The van der Waals surface area contributed by atoms with Gasteiger partial charge in [-0.1, -0.05) is 18.2 Å². The van der Waals surface area contributed by atoms with Crippen molar-refractivity contribution >= 4 is 17.5 Å². The first-order valence-electron chi connectivity index (χ1n) is 4.50. The lowest BCUT2D eigenvalue weighted by Crippen LogP contribution is -2.21. The van der Waals surface area contributed by atoms with E-state index >= 15 is 0 Å². The third-order valence-corrected chi connectivity index (χ3v) is 1.95. The molecule has 0 aliphatic heterocycles. The number of para-hydroxylation sites is 1. The van der Waals surface area contributed by atoms with Gasteiger partial charge in [0.05, 0.1) is 6.42 Å². The number of amides is 1. The summed E-state index contributed by atoms with van der Waals surface area (Å²) in [6.45, 7) is 0.154. The zero-order valence-electron chi connectivity index (χ0n) is 8.37. The number of ether oxygens (including phenoxy) is 1. The first-order valence-corrected chi connectivity index (χ1v) is 4.88. The van der Waals surface area contributed by atoms with E-state index in [1.54, 1.807) is 29.7 Å². The lowest BCUT2D eigenvalue weighted by molar-refractivity contribution is -0.128. The lowest BCUT2D eigenvalue weighted by atomic mass is 10.1. The van der Waals surface area contributed by atoms with E-state index in [1.165, 1.54) is 0 Å². The number of rotatable bonds is 4. The fourth-order valence-electron chi connectivity index (χ4n) is 1.14. The molecule has 1 aromatic carbocycles. The van der Waals surface area contributed by atoms with Crippen LogP contribution in [0.15, 0.2) is 24.3 Å². The Morgan fingerprint density at radius 1 is 1.50 bits per heavy atom. The largest absolute Gasteiger partial charge is 0.481 e. The summed E-state index contributed by atoms with van der Waals surface area (Å²) in [7, 11) is 0. The van der Waals surface area contributed by atoms with Crippen LogP contribution in [0.3, 0.4) is 0 Å². The Labute approximate surface area is 98.1 Å². The summed E-state index contributed by atoms with van der Waals surface area (Å²) in [5.74, 6) is 2.58. The zero-order valence-corrected chi connectivity index (χ0v) is 9.12. The van der Waals surface area contributed by atoms with E-state index in [2.05, 4.69) is 11.3 Å². The predicted molar refractivity (Wildman–Crippen MR) is 59.2 cm³/mol. The van der Waals surface area contributed by atoms with Gasteiger partial charge in [0.1, 0.15) is 12.4 Å². The highest BCUT2D eigenvalue weighted by molar-refractivity contribution is 6.30. The van der Waals surface area contributed by atoms with Crippen LogP contribution in [0.5, 0.6) is 5.75 Å². The summed E-state index contributed by atoms with van der Waals surface area (Å²) in [6.07, 6.45) is 0.0426. The first kappa shape index (κ1) is 12.4. The zero-order chi connectivity index (χ0) is 11.8. The van der Waals surface area contributed by atoms with Gasteiger partial charge in [-0.05, 0) is 23.6 Å². The molecule has 1 amide bonds. The van der Waals surface area contributed by atoms with Gasteiger partial charge < -0.3 is 4.74 Å². The predicted octanol–water partition coefficient (Wildman–Crippen LogP) is 1.31. The molecule has 16 heavy (non-hydrogen) atoms. The summed E-state index contributed by atoms with van der Waals surface area (Å²) < 4.78 is 5.30. The van der Waals surface area contributed by atoms with E-state index in [1.807, 2.05) is 0 Å². The van der Waals surface area contributed by atoms with Crippen LogP contribution in [0, 0.1) is 11.3 Å². The van der Waals surface area contributed by atoms with E-state index in [4.69, 9.17) is 21.5 Å². The molecule has 1 aromatic rings. The van der Waals surface area contributed by atoms with Crippen molar-refractivity contribution in [3.05, 3.63) is 29.8 Å². The molecule has 0 aromatic heterocycles. The third-order valence-electron chi connectivity index (χ3n) is 1.81. The molecule has 84 valence electrons. The number of benzene rings is 1. The van der Waals surface area contributed by atoms with Gasteiger partial charge in [-0.15, -0.1) is 0 Å². The number of hydrogen-bond acceptors (Lipinski definition) is 3. The summed E-state index contributed by atoms with van der Waals surface area (Å²) in [5.41, 5.74) is 2.24. The Hall–Kier alpha value is -1.70. The Morgan fingerprint density at radius 3 is 2.94 bits per heavy atom. The average Bonchev–Trinajstić information content (AvgIpc) is 2.31. The molecule has 1 rings (SSSR count). The van der Waals surface area contributed by atoms with Crippen LogP contribution in [0.1, 0.15) is 5.56 Å². The molecule has 4 nitrogen and oxygen atoms in total. The Kier molecular flexibility index (Phi) is 5.20. The molecule has 0 aliphatic carbocycles. The monoisotopic (exact) mass is 239 g/mol. The summed E-state index contributed by atoms with van der Waals surface area (Å²) in [6, 6.07) is 7.01. The van der Waals surface area contributed by atoms with Gasteiger partial charge in [0, 0.05) is 10.9 Å². The van der Waals surface area contributed by atoms with Crippen molar-refractivity contribution in [3.63, 3.8) is 0 Å². The standard InChI is InChI=1S/C11H10ClNO3/c12-6-3-7-16-10-5-2-1-4-9(10)8-11(14)13-15/h1-2,4-5,15H,7-8H2,(H,13,14). The average molecular weight is 240 g/mol. The van der Waals surface area contributed by atoms with E-state index in [9.17, 15) is 4.79 Å². The normalized spacial score (nSPS) is 8.88. The van der Waals surface area contributed by atoms with Crippen LogP contribution >= 0.6 is 11.6 Å². The SMILES string of the molecule is O=C(Cc1ccccc1OCC#CCl)NO. The minimum Gasteiger partial charge on any atom is -0.481 e. The van der Waals surface area contributed by atoms with E-state index in [0.717, 1.165) is 0 Å². The van der Waals surface area contributed by atoms with Crippen molar-refractivity contribution in [2.45, 2.75) is 6.42 Å². The highest BCUT2D eigenvalue weighted by Crippen LogP contribution is 2.18. The fourth-order valence-corrected chi connectivity index (χ4v) is 1.20. The molecule has 0 saturated heterocycles. The number of hydrogen-bond donors (Lipinski definition) is 2. The van der Waals surface area contributed by atoms with Crippen LogP contribution in [0.25, 0.3) is 0 Å². The number of carbonyl (C=O) groups is 1. The molecule has 2 N–H and O–H groups in total. The summed E-state index contributed by atoms with van der Waals surface area (Å²) in [5, 5.41) is 10.6. The van der Waals surface area contributed by atoms with Gasteiger partial charge in [0.25, 0.3) is 0 Å². The quantitative estimate of drug-likeness (QED) is 0.473. The van der Waals surface area contributed by atoms with Crippen LogP contribution in [0.4, 0.5) is 0 Å². The maximum atomic E-state index is 11.0. The Balaban J connectivity index is 2.73. The minimum atomic E-state index is -0.500. The van der Waals surface area contributed by atoms with E-state index < -0.39 is 5.91 Å². The Bertz CT molecular complexity index is 423. The second-order valence-electron chi connectivity index (χ2n) is 2.88. The molecule has 0 heterocycles. The molecular weight excluding hydrogens is 230 g/mol. The molecule has 0 bridgehead atoms. The molecule has 5 heteroatoms. The van der Waals surface area contributed by atoms with Gasteiger partial charge in [-0.2, -0.15) is 0 Å². The topological polar surface area (TPSA) is 58.6 Å². The third kappa shape index (κ3) is 3.81. The van der Waals surface area contributed by atoms with Crippen molar-refractivity contribution in [1.29, 1.82) is 0 Å². The second kappa shape index (κ2) is 6.72. The van der Waals surface area contributed by atoms with Gasteiger partial charge in [-0.25, -0.2) is 5.48 Å². The molecule has 0 saturated carbocycles. The lowest BCUT2D eigenvalue weighted by Gasteiger charge is -2.08. The second-order valence-corrected chi connectivity index (χ2v) is 3.07. The van der Waals surface area contributed by atoms with Crippen molar-refractivity contribution in [2.75, 3.05) is 6.61 Å². The van der Waals surface area contributed by atoms with Crippen LogP contribution in [-0.2, 0) is 11.2 Å². The number of nitrogens with one attached hydrogen (secondary N) is 1. The Morgan fingerprint density at radius 2 is 2.25 bits per heavy atom. The maximum Gasteiger partial charge on any atom is 0.247 e. The van der Waals surface area contributed by atoms with Crippen LogP contribution < -0.4 is 10.2 Å². The van der Waals surface area contributed by atoms with E-state index in [-0.39, 0.29) is 13.0 Å². The smallest absolute Gasteiger partial charge is 0.247 e. The van der Waals surface area contributed by atoms with Crippen molar-refractivity contribution in [1.82, 2.24) is 5.48 Å². The summed E-state index contributed by atoms with van der Waals surface area (Å²) in [4.78, 5) is 11.0. The molecule has 0 aliphatic rings. The molecule has 0 atom stereocenters. The minimum absolute atomic E-state index is 0.0426. The van der Waals surface area contributed by atoms with Crippen molar-refractivity contribution in [2.24, 2.45) is 0 Å². The van der Waals surface area contributed by atoms with Crippen molar-refractivity contribution < 1.29 is 14.7 Å².